The van der Waals surface area contributed by atoms with Crippen LogP contribution in [0.5, 0.6) is 17.2 Å². The summed E-state index contributed by atoms with van der Waals surface area (Å²) in [7, 11) is 4.87. The zero-order valence-corrected chi connectivity index (χ0v) is 20.7. The number of benzene rings is 1. The molecule has 0 spiro atoms. The minimum absolute atomic E-state index is 0. The van der Waals surface area contributed by atoms with Gasteiger partial charge in [0.05, 0.1) is 27.9 Å². The van der Waals surface area contributed by atoms with Gasteiger partial charge in [0.2, 0.25) is 5.75 Å². The Hall–Kier alpha value is -1.42. The average molecular weight is 520 g/mol. The van der Waals surface area contributed by atoms with E-state index in [1.165, 1.54) is 13.0 Å². The van der Waals surface area contributed by atoms with Crippen LogP contribution in [0.3, 0.4) is 0 Å². The van der Waals surface area contributed by atoms with Gasteiger partial charge in [0.1, 0.15) is 0 Å². The van der Waals surface area contributed by atoms with Crippen molar-refractivity contribution < 1.29 is 14.2 Å². The van der Waals surface area contributed by atoms with E-state index in [-0.39, 0.29) is 24.0 Å². The molecule has 2 N–H and O–H groups in total. The topological polar surface area (TPSA) is 67.4 Å². The Morgan fingerprint density at radius 1 is 1.07 bits per heavy atom. The summed E-state index contributed by atoms with van der Waals surface area (Å²) >= 11 is 0. The van der Waals surface area contributed by atoms with E-state index in [0.717, 1.165) is 44.0 Å². The fourth-order valence-corrected chi connectivity index (χ4v) is 3.58. The third kappa shape index (κ3) is 7.40. The van der Waals surface area contributed by atoms with Crippen LogP contribution in [0.25, 0.3) is 0 Å². The Labute approximate surface area is 192 Å². The van der Waals surface area contributed by atoms with Crippen molar-refractivity contribution >= 4 is 29.9 Å². The van der Waals surface area contributed by atoms with Crippen LogP contribution in [0.1, 0.15) is 38.7 Å². The van der Waals surface area contributed by atoms with Crippen LogP contribution in [0.4, 0.5) is 0 Å². The van der Waals surface area contributed by atoms with E-state index in [1.807, 2.05) is 12.1 Å². The molecule has 0 unspecified atom stereocenters. The van der Waals surface area contributed by atoms with Gasteiger partial charge < -0.3 is 29.7 Å². The number of guanidine groups is 1. The molecule has 1 aromatic rings. The predicted octanol–water partition coefficient (Wildman–Crippen LogP) is 3.26. The molecule has 1 aromatic carbocycles. The van der Waals surface area contributed by atoms with Crippen molar-refractivity contribution in [3.8, 4) is 17.2 Å². The molecule has 1 aliphatic rings. The van der Waals surface area contributed by atoms with Crippen molar-refractivity contribution in [1.82, 2.24) is 15.5 Å². The summed E-state index contributed by atoms with van der Waals surface area (Å²) in [5, 5.41) is 6.95. The Morgan fingerprint density at radius 3 is 2.31 bits per heavy atom. The average Bonchev–Trinajstić information content (AvgIpc) is 2.72. The number of ether oxygens (including phenoxy) is 3. The van der Waals surface area contributed by atoms with Gasteiger partial charge in [0.15, 0.2) is 17.5 Å². The Balaban J connectivity index is 0.00000420. The summed E-state index contributed by atoms with van der Waals surface area (Å²) in [6.07, 6.45) is 3.50. The number of halogens is 1. The second kappa shape index (κ2) is 13.7. The number of nitrogens with zero attached hydrogens (tertiary/aromatic N) is 2. The summed E-state index contributed by atoms with van der Waals surface area (Å²) in [4.78, 5) is 7.32. The summed E-state index contributed by atoms with van der Waals surface area (Å²) in [6, 6.07) is 4.31. The van der Waals surface area contributed by atoms with Crippen molar-refractivity contribution in [2.45, 2.75) is 45.7 Å². The number of piperidine rings is 1. The lowest BCUT2D eigenvalue weighted by Gasteiger charge is -2.32. The van der Waals surface area contributed by atoms with Gasteiger partial charge in [-0.25, -0.2) is 4.99 Å². The smallest absolute Gasteiger partial charge is 0.203 e. The highest BCUT2D eigenvalue weighted by Crippen LogP contribution is 2.39. The Kier molecular flexibility index (Phi) is 12.1. The lowest BCUT2D eigenvalue weighted by Crippen LogP contribution is -2.48. The highest BCUT2D eigenvalue weighted by molar-refractivity contribution is 14.0. The number of hydrogen-bond acceptors (Lipinski definition) is 5. The molecule has 0 saturated carbocycles. The second-order valence-corrected chi connectivity index (χ2v) is 6.95. The molecule has 0 aromatic heterocycles. The minimum Gasteiger partial charge on any atom is -0.493 e. The Bertz CT molecular complexity index is 635. The predicted molar refractivity (Wildman–Crippen MR) is 129 cm³/mol. The van der Waals surface area contributed by atoms with Crippen molar-refractivity contribution in [2.75, 3.05) is 47.5 Å². The van der Waals surface area contributed by atoms with Gasteiger partial charge in [-0.15, -0.1) is 24.0 Å². The third-order valence-electron chi connectivity index (χ3n) is 5.01. The van der Waals surface area contributed by atoms with E-state index in [0.29, 0.717) is 29.8 Å². The molecule has 1 saturated heterocycles. The first-order valence-corrected chi connectivity index (χ1v) is 10.2. The molecule has 0 atom stereocenters. The normalized spacial score (nSPS) is 15.4. The molecule has 0 aliphatic carbocycles. The molecule has 1 heterocycles. The molecule has 7 nitrogen and oxygen atoms in total. The maximum absolute atomic E-state index is 5.57. The van der Waals surface area contributed by atoms with Gasteiger partial charge in [-0.2, -0.15) is 0 Å². The van der Waals surface area contributed by atoms with Crippen LogP contribution < -0.4 is 24.8 Å². The lowest BCUT2D eigenvalue weighted by molar-refractivity contribution is 0.206. The maximum atomic E-state index is 5.57. The third-order valence-corrected chi connectivity index (χ3v) is 5.01. The van der Waals surface area contributed by atoms with Crippen molar-refractivity contribution in [1.29, 1.82) is 0 Å². The molecule has 166 valence electrons. The van der Waals surface area contributed by atoms with E-state index < -0.39 is 0 Å². The second-order valence-electron chi connectivity index (χ2n) is 6.95. The molecule has 0 bridgehead atoms. The first kappa shape index (κ1) is 25.6. The highest BCUT2D eigenvalue weighted by atomic mass is 127. The monoisotopic (exact) mass is 520 g/mol. The van der Waals surface area contributed by atoms with Crippen LogP contribution >= 0.6 is 24.0 Å². The molecule has 2 rings (SSSR count). The lowest BCUT2D eigenvalue weighted by atomic mass is 10.1. The molecule has 8 heteroatoms. The van der Waals surface area contributed by atoms with Gasteiger partial charge >= 0.3 is 0 Å². The summed E-state index contributed by atoms with van der Waals surface area (Å²) < 4.78 is 16.4. The molecule has 1 fully saturated rings. The summed E-state index contributed by atoms with van der Waals surface area (Å²) in [5.41, 5.74) is 0.954. The number of aliphatic imine (C=N–C) groups is 1. The van der Waals surface area contributed by atoms with Gasteiger partial charge in [-0.3, -0.25) is 0 Å². The van der Waals surface area contributed by atoms with Crippen LogP contribution in [0.2, 0.25) is 0 Å². The van der Waals surface area contributed by atoms with Gasteiger partial charge in [0.25, 0.3) is 0 Å². The molecule has 0 radical (unpaired) electrons. The zero-order valence-electron chi connectivity index (χ0n) is 18.4. The number of rotatable bonds is 9. The number of methoxy groups -OCH3 is 3. The first-order chi connectivity index (χ1) is 13.7. The summed E-state index contributed by atoms with van der Waals surface area (Å²) in [5.74, 6) is 2.75. The SMILES string of the molecule is CCCN1CCC(NC(=NCc2ccc(OC)c(OC)c2OC)NCC)CC1.I. The van der Waals surface area contributed by atoms with E-state index in [4.69, 9.17) is 19.2 Å². The first-order valence-electron chi connectivity index (χ1n) is 10.2. The van der Waals surface area contributed by atoms with Crippen LogP contribution in [-0.2, 0) is 6.54 Å². The highest BCUT2D eigenvalue weighted by Gasteiger charge is 2.20. The van der Waals surface area contributed by atoms with E-state index in [1.54, 1.807) is 21.3 Å². The molecular formula is C21H37IN4O3. The molecule has 29 heavy (non-hydrogen) atoms. The minimum atomic E-state index is 0. The number of likely N-dealkylation sites (tertiary alicyclic amines) is 1. The van der Waals surface area contributed by atoms with Crippen molar-refractivity contribution in [3.63, 3.8) is 0 Å². The van der Waals surface area contributed by atoms with E-state index >= 15 is 0 Å². The van der Waals surface area contributed by atoms with Crippen molar-refractivity contribution in [3.05, 3.63) is 17.7 Å². The van der Waals surface area contributed by atoms with Crippen molar-refractivity contribution in [2.24, 2.45) is 4.99 Å². The standard InChI is InChI=1S/C21H36N4O3.HI/c1-6-12-25-13-10-17(11-14-25)24-21(22-7-2)23-15-16-8-9-18(26-3)20(28-5)19(16)27-4;/h8-9,17H,6-7,10-15H2,1-5H3,(H2,22,23,24);1H. The molecular weight excluding hydrogens is 483 g/mol. The van der Waals surface area contributed by atoms with Gasteiger partial charge in [-0.05, 0) is 44.9 Å². The van der Waals surface area contributed by atoms with E-state index in [9.17, 15) is 0 Å². The Morgan fingerprint density at radius 2 is 1.76 bits per heavy atom. The van der Waals surface area contributed by atoms with Crippen LogP contribution in [0.15, 0.2) is 17.1 Å². The maximum Gasteiger partial charge on any atom is 0.203 e. The number of nitrogens with one attached hydrogen (secondary N) is 2. The largest absolute Gasteiger partial charge is 0.493 e. The van der Waals surface area contributed by atoms with Crippen LogP contribution in [0, 0.1) is 0 Å². The number of hydrogen-bond donors (Lipinski definition) is 2. The summed E-state index contributed by atoms with van der Waals surface area (Å²) in [6.45, 7) is 9.13. The zero-order chi connectivity index (χ0) is 20.4. The quantitative estimate of drug-likeness (QED) is 0.296. The fraction of sp³-hybridized carbons (Fsp3) is 0.667. The van der Waals surface area contributed by atoms with E-state index in [2.05, 4.69) is 29.4 Å². The fourth-order valence-electron chi connectivity index (χ4n) is 3.58. The van der Waals surface area contributed by atoms with Crippen LogP contribution in [-0.4, -0.2) is 64.4 Å². The molecule has 0 amide bonds. The van der Waals surface area contributed by atoms with Gasteiger partial charge in [0, 0.05) is 31.2 Å². The van der Waals surface area contributed by atoms with Gasteiger partial charge in [-0.1, -0.05) is 6.92 Å². The molecule has 1 aliphatic heterocycles.